The van der Waals surface area contributed by atoms with E-state index in [-0.39, 0.29) is 0 Å². The Hall–Kier alpha value is -0.940. The molecular formula is C12H21N3O2. The third-order valence-electron chi connectivity index (χ3n) is 3.35. The third-order valence-corrected chi connectivity index (χ3v) is 3.35. The first kappa shape index (κ1) is 12.5. The Morgan fingerprint density at radius 1 is 1.35 bits per heavy atom. The van der Waals surface area contributed by atoms with Crippen molar-refractivity contribution in [2.75, 3.05) is 7.05 Å². The fourth-order valence-electron chi connectivity index (χ4n) is 2.20. The van der Waals surface area contributed by atoms with E-state index in [9.17, 15) is 0 Å². The Morgan fingerprint density at radius 2 is 2.12 bits per heavy atom. The van der Waals surface area contributed by atoms with Crippen LogP contribution in [0.5, 0.6) is 0 Å². The summed E-state index contributed by atoms with van der Waals surface area (Å²) in [6.07, 6.45) is 5.74. The largest absolute Gasteiger partial charge is 0.368 e. The summed E-state index contributed by atoms with van der Waals surface area (Å²) in [4.78, 5) is 4.23. The summed E-state index contributed by atoms with van der Waals surface area (Å²) >= 11 is 0. The van der Waals surface area contributed by atoms with Crippen molar-refractivity contribution in [1.29, 1.82) is 0 Å². The maximum Gasteiger partial charge on any atom is 0.252 e. The van der Waals surface area contributed by atoms with Crippen molar-refractivity contribution in [3.05, 3.63) is 11.7 Å². The molecule has 1 fully saturated rings. The minimum absolute atomic E-state index is 0.344. The van der Waals surface area contributed by atoms with Crippen LogP contribution in [0, 0.1) is 0 Å². The van der Waals surface area contributed by atoms with Gasteiger partial charge in [0.15, 0.2) is 5.82 Å². The summed E-state index contributed by atoms with van der Waals surface area (Å²) in [5, 5.41) is 7.16. The first-order valence-electron chi connectivity index (χ1n) is 6.42. The van der Waals surface area contributed by atoms with Gasteiger partial charge in [0, 0.05) is 12.5 Å². The first-order valence-corrected chi connectivity index (χ1v) is 6.42. The lowest BCUT2D eigenvalue weighted by atomic mass is 9.93. The second-order valence-corrected chi connectivity index (χ2v) is 4.53. The van der Waals surface area contributed by atoms with E-state index < -0.39 is 0 Å². The van der Waals surface area contributed by atoms with Gasteiger partial charge >= 0.3 is 0 Å². The molecule has 0 unspecified atom stereocenters. The fraction of sp³-hybridized carbons (Fsp3) is 0.833. The summed E-state index contributed by atoms with van der Waals surface area (Å²) in [5.41, 5.74) is 0. The predicted molar refractivity (Wildman–Crippen MR) is 63.6 cm³/mol. The molecule has 1 aromatic rings. The number of aryl methyl sites for hydroxylation is 1. The molecule has 0 radical (unpaired) electrons. The minimum atomic E-state index is 0.344. The molecule has 1 aliphatic rings. The summed E-state index contributed by atoms with van der Waals surface area (Å²) in [6, 6.07) is 0.657. The summed E-state index contributed by atoms with van der Waals surface area (Å²) < 4.78 is 10.9. The van der Waals surface area contributed by atoms with Gasteiger partial charge in [-0.2, -0.15) is 4.98 Å². The average Bonchev–Trinajstić information content (AvgIpc) is 2.85. The lowest BCUT2D eigenvalue weighted by Gasteiger charge is -2.27. The van der Waals surface area contributed by atoms with Crippen molar-refractivity contribution in [2.24, 2.45) is 0 Å². The number of nitrogens with zero attached hydrogens (tertiary/aromatic N) is 2. The maximum atomic E-state index is 5.80. The molecule has 96 valence electrons. The van der Waals surface area contributed by atoms with Crippen LogP contribution in [0.25, 0.3) is 0 Å². The summed E-state index contributed by atoms with van der Waals surface area (Å²) in [5.74, 6) is 1.35. The first-order chi connectivity index (χ1) is 8.31. The van der Waals surface area contributed by atoms with E-state index in [1.165, 1.54) is 12.8 Å². The van der Waals surface area contributed by atoms with E-state index in [0.29, 0.717) is 24.6 Å². The van der Waals surface area contributed by atoms with Gasteiger partial charge in [-0.3, -0.25) is 0 Å². The number of ether oxygens (including phenoxy) is 1. The molecule has 17 heavy (non-hydrogen) atoms. The topological polar surface area (TPSA) is 60.2 Å². The molecule has 0 saturated heterocycles. The van der Waals surface area contributed by atoms with Gasteiger partial charge in [0.05, 0.1) is 6.10 Å². The van der Waals surface area contributed by atoms with Crippen molar-refractivity contribution in [2.45, 2.75) is 57.8 Å². The van der Waals surface area contributed by atoms with Crippen molar-refractivity contribution in [1.82, 2.24) is 15.5 Å². The molecule has 1 aliphatic carbocycles. The van der Waals surface area contributed by atoms with Gasteiger partial charge in [-0.15, -0.1) is 0 Å². The molecule has 2 rings (SSSR count). The van der Waals surface area contributed by atoms with Gasteiger partial charge in [-0.25, -0.2) is 0 Å². The van der Waals surface area contributed by atoms with Gasteiger partial charge in [0.1, 0.15) is 6.61 Å². The summed E-state index contributed by atoms with van der Waals surface area (Å²) in [6.45, 7) is 2.45. The molecule has 0 bridgehead atoms. The normalized spacial score (nSPS) is 25.1. The second kappa shape index (κ2) is 6.12. The minimum Gasteiger partial charge on any atom is -0.368 e. The van der Waals surface area contributed by atoms with Crippen LogP contribution in [-0.4, -0.2) is 29.3 Å². The Bertz CT molecular complexity index is 332. The van der Waals surface area contributed by atoms with E-state index in [4.69, 9.17) is 9.26 Å². The Morgan fingerprint density at radius 3 is 2.71 bits per heavy atom. The second-order valence-electron chi connectivity index (χ2n) is 4.53. The molecule has 1 heterocycles. The number of hydrogen-bond donors (Lipinski definition) is 1. The van der Waals surface area contributed by atoms with E-state index in [1.807, 2.05) is 14.0 Å². The van der Waals surface area contributed by atoms with Gasteiger partial charge < -0.3 is 14.6 Å². The van der Waals surface area contributed by atoms with Crippen LogP contribution in [0.1, 0.15) is 44.3 Å². The highest BCUT2D eigenvalue weighted by atomic mass is 16.5. The zero-order valence-corrected chi connectivity index (χ0v) is 10.6. The van der Waals surface area contributed by atoms with E-state index in [2.05, 4.69) is 15.5 Å². The molecule has 5 heteroatoms. The smallest absolute Gasteiger partial charge is 0.252 e. The number of hydrogen-bond acceptors (Lipinski definition) is 5. The molecule has 0 amide bonds. The molecule has 0 aliphatic heterocycles. The van der Waals surface area contributed by atoms with E-state index in [0.717, 1.165) is 25.1 Å². The Labute approximate surface area is 102 Å². The molecule has 0 aromatic carbocycles. The molecule has 1 saturated carbocycles. The molecule has 1 aromatic heterocycles. The standard InChI is InChI=1S/C12H21N3O2/c1-3-11-14-12(17-15-11)8-16-10-6-4-9(13-2)5-7-10/h9-10,13H,3-8H2,1-2H3. The van der Waals surface area contributed by atoms with Gasteiger partial charge in [-0.1, -0.05) is 12.1 Å². The number of rotatable bonds is 5. The monoisotopic (exact) mass is 239 g/mol. The predicted octanol–water partition coefficient (Wildman–Crippen LogP) is 1.68. The molecule has 0 atom stereocenters. The van der Waals surface area contributed by atoms with Crippen LogP contribution >= 0.6 is 0 Å². The van der Waals surface area contributed by atoms with Crippen molar-refractivity contribution < 1.29 is 9.26 Å². The van der Waals surface area contributed by atoms with Crippen LogP contribution in [0.15, 0.2) is 4.52 Å². The lowest BCUT2D eigenvalue weighted by Crippen LogP contribution is -2.32. The molecular weight excluding hydrogens is 218 g/mol. The van der Waals surface area contributed by atoms with Gasteiger partial charge in [0.2, 0.25) is 0 Å². The average molecular weight is 239 g/mol. The van der Waals surface area contributed by atoms with Gasteiger partial charge in [0.25, 0.3) is 5.89 Å². The van der Waals surface area contributed by atoms with Crippen LogP contribution in [0.2, 0.25) is 0 Å². The SMILES string of the molecule is CCc1noc(COC2CCC(NC)CC2)n1. The van der Waals surface area contributed by atoms with Crippen LogP contribution in [0.4, 0.5) is 0 Å². The zero-order chi connectivity index (χ0) is 12.1. The van der Waals surface area contributed by atoms with Crippen molar-refractivity contribution in [3.63, 3.8) is 0 Å². The van der Waals surface area contributed by atoms with Crippen LogP contribution in [0.3, 0.4) is 0 Å². The zero-order valence-electron chi connectivity index (χ0n) is 10.6. The molecule has 5 nitrogen and oxygen atoms in total. The van der Waals surface area contributed by atoms with Crippen LogP contribution in [-0.2, 0) is 17.8 Å². The lowest BCUT2D eigenvalue weighted by molar-refractivity contribution is 0.000207. The van der Waals surface area contributed by atoms with Crippen molar-refractivity contribution in [3.8, 4) is 0 Å². The Balaban J connectivity index is 1.72. The van der Waals surface area contributed by atoms with E-state index in [1.54, 1.807) is 0 Å². The highest BCUT2D eigenvalue weighted by molar-refractivity contribution is 4.84. The third kappa shape index (κ3) is 3.51. The Kier molecular flexibility index (Phi) is 4.50. The maximum absolute atomic E-state index is 5.80. The van der Waals surface area contributed by atoms with Crippen LogP contribution < -0.4 is 5.32 Å². The highest BCUT2D eigenvalue weighted by Crippen LogP contribution is 2.21. The molecule has 0 spiro atoms. The van der Waals surface area contributed by atoms with Crippen molar-refractivity contribution >= 4 is 0 Å². The highest BCUT2D eigenvalue weighted by Gasteiger charge is 2.20. The number of nitrogens with one attached hydrogen (secondary N) is 1. The van der Waals surface area contributed by atoms with E-state index >= 15 is 0 Å². The quantitative estimate of drug-likeness (QED) is 0.847. The fourth-order valence-corrected chi connectivity index (χ4v) is 2.20. The van der Waals surface area contributed by atoms with Gasteiger partial charge in [-0.05, 0) is 32.7 Å². The summed E-state index contributed by atoms with van der Waals surface area (Å²) in [7, 11) is 2.02. The molecule has 1 N–H and O–H groups in total. The number of aromatic nitrogens is 2.